The standard InChI is InChI=1S/C56H35N3/c1-2-17-39(18-3-1)57-49-26-11-9-24-45(49)48-34-37(29-31-52(48)57)36-16-14-19-40(33-36)58-50-27-12-8-23-44(50)46-30-32-53-55(56(46)58)47-25-10-13-28-51(47)59(53)54-35-38-15-4-5-20-41(38)42-21-6-7-22-43(42)54/h1-35H. The molecule has 0 aliphatic heterocycles. The highest BCUT2D eigenvalue weighted by atomic mass is 15.0. The van der Waals surface area contributed by atoms with Crippen molar-refractivity contribution >= 4 is 87.0 Å². The fourth-order valence-electron chi connectivity index (χ4n) is 10.1. The van der Waals surface area contributed by atoms with Gasteiger partial charge in [-0.05, 0) is 94.0 Å². The highest BCUT2D eigenvalue weighted by Gasteiger charge is 2.22. The number of rotatable bonds is 4. The van der Waals surface area contributed by atoms with Crippen LogP contribution < -0.4 is 0 Å². The van der Waals surface area contributed by atoms with Crippen molar-refractivity contribution in [1.29, 1.82) is 0 Å². The monoisotopic (exact) mass is 749 g/mol. The van der Waals surface area contributed by atoms with Crippen LogP contribution in [0.15, 0.2) is 212 Å². The first kappa shape index (κ1) is 32.2. The van der Waals surface area contributed by atoms with Gasteiger partial charge in [0.1, 0.15) is 0 Å². The van der Waals surface area contributed by atoms with Gasteiger partial charge < -0.3 is 13.7 Å². The van der Waals surface area contributed by atoms with E-state index < -0.39 is 0 Å². The Hall–Kier alpha value is -7.88. The normalized spacial score (nSPS) is 12.1. The summed E-state index contributed by atoms with van der Waals surface area (Å²) in [6.07, 6.45) is 0. The third kappa shape index (κ3) is 4.58. The number of fused-ring (bicyclic) bond motifs is 13. The van der Waals surface area contributed by atoms with Gasteiger partial charge in [0.2, 0.25) is 0 Å². The predicted octanol–water partition coefficient (Wildman–Crippen LogP) is 15.0. The van der Waals surface area contributed by atoms with Crippen LogP contribution in [0.25, 0.3) is 115 Å². The van der Waals surface area contributed by atoms with Crippen LogP contribution in [0.1, 0.15) is 0 Å². The molecule has 13 rings (SSSR count). The number of aromatic nitrogens is 3. The average molecular weight is 750 g/mol. The molecule has 0 unspecified atom stereocenters. The van der Waals surface area contributed by atoms with E-state index in [0.717, 1.165) is 5.69 Å². The smallest absolute Gasteiger partial charge is 0.0641 e. The Balaban J connectivity index is 1.08. The van der Waals surface area contributed by atoms with E-state index in [1.54, 1.807) is 0 Å². The van der Waals surface area contributed by atoms with Gasteiger partial charge in [0.15, 0.2) is 0 Å². The van der Waals surface area contributed by atoms with E-state index in [4.69, 9.17) is 0 Å². The minimum Gasteiger partial charge on any atom is -0.309 e. The predicted molar refractivity (Wildman–Crippen MR) is 250 cm³/mol. The summed E-state index contributed by atoms with van der Waals surface area (Å²) in [7, 11) is 0. The first-order valence-electron chi connectivity index (χ1n) is 20.4. The van der Waals surface area contributed by atoms with Crippen molar-refractivity contribution < 1.29 is 0 Å². The molecule has 3 heterocycles. The summed E-state index contributed by atoms with van der Waals surface area (Å²) in [4.78, 5) is 0. The molecule has 13 aromatic rings. The van der Waals surface area contributed by atoms with E-state index >= 15 is 0 Å². The molecular formula is C56H35N3. The summed E-state index contributed by atoms with van der Waals surface area (Å²) in [6.45, 7) is 0. The third-order valence-electron chi connectivity index (χ3n) is 12.6. The van der Waals surface area contributed by atoms with Crippen LogP contribution in [0.4, 0.5) is 0 Å². The quantitative estimate of drug-likeness (QED) is 0.159. The van der Waals surface area contributed by atoms with E-state index in [1.807, 2.05) is 0 Å². The molecule has 0 spiro atoms. The van der Waals surface area contributed by atoms with Crippen LogP contribution in [0.5, 0.6) is 0 Å². The molecule has 10 aromatic carbocycles. The molecule has 0 aliphatic rings. The zero-order valence-electron chi connectivity index (χ0n) is 32.0. The fraction of sp³-hybridized carbons (Fsp3) is 0. The number of para-hydroxylation sites is 4. The molecule has 0 bridgehead atoms. The van der Waals surface area contributed by atoms with Gasteiger partial charge in [0.05, 0.1) is 38.8 Å². The van der Waals surface area contributed by atoms with Gasteiger partial charge in [-0.3, -0.25) is 0 Å². The molecule has 0 atom stereocenters. The van der Waals surface area contributed by atoms with Crippen molar-refractivity contribution in [3.8, 4) is 28.2 Å². The van der Waals surface area contributed by atoms with Crippen molar-refractivity contribution in [2.24, 2.45) is 0 Å². The van der Waals surface area contributed by atoms with Crippen molar-refractivity contribution in [1.82, 2.24) is 13.7 Å². The maximum atomic E-state index is 2.51. The Morgan fingerprint density at radius 1 is 0.254 bits per heavy atom. The maximum Gasteiger partial charge on any atom is 0.0641 e. The zero-order chi connectivity index (χ0) is 38.6. The maximum absolute atomic E-state index is 2.51. The molecular weight excluding hydrogens is 715 g/mol. The van der Waals surface area contributed by atoms with Crippen molar-refractivity contribution in [3.63, 3.8) is 0 Å². The lowest BCUT2D eigenvalue weighted by Crippen LogP contribution is -1.97. The molecule has 0 N–H and O–H groups in total. The summed E-state index contributed by atoms with van der Waals surface area (Å²) >= 11 is 0. The summed E-state index contributed by atoms with van der Waals surface area (Å²) in [6, 6.07) is 78.0. The zero-order valence-corrected chi connectivity index (χ0v) is 32.0. The lowest BCUT2D eigenvalue weighted by Gasteiger charge is -2.14. The van der Waals surface area contributed by atoms with E-state index in [1.165, 1.54) is 109 Å². The molecule has 0 saturated heterocycles. The summed E-state index contributed by atoms with van der Waals surface area (Å²) in [5.74, 6) is 0. The van der Waals surface area contributed by atoms with Gasteiger partial charge in [-0.25, -0.2) is 0 Å². The van der Waals surface area contributed by atoms with Crippen LogP contribution in [-0.2, 0) is 0 Å². The molecule has 3 heteroatoms. The number of benzene rings is 10. The highest BCUT2D eigenvalue weighted by molar-refractivity contribution is 6.27. The SMILES string of the molecule is c1ccc(-n2c3ccccc3c3cc(-c4cccc(-n5c6ccccc6c6ccc7c(c8ccccc8n7-c7cc8ccccc8c8ccccc78)c65)c4)ccc32)cc1. The Morgan fingerprint density at radius 3 is 1.61 bits per heavy atom. The summed E-state index contributed by atoms with van der Waals surface area (Å²) < 4.78 is 7.38. The Bertz CT molecular complexity index is 3840. The van der Waals surface area contributed by atoms with Crippen molar-refractivity contribution in [2.45, 2.75) is 0 Å². The van der Waals surface area contributed by atoms with Gasteiger partial charge in [-0.15, -0.1) is 0 Å². The third-order valence-corrected chi connectivity index (χ3v) is 12.6. The lowest BCUT2D eigenvalue weighted by atomic mass is 10.00. The van der Waals surface area contributed by atoms with Crippen LogP contribution >= 0.6 is 0 Å². The first-order valence-corrected chi connectivity index (χ1v) is 20.4. The fourth-order valence-corrected chi connectivity index (χ4v) is 10.1. The molecule has 0 aliphatic carbocycles. The molecule has 3 nitrogen and oxygen atoms in total. The van der Waals surface area contributed by atoms with Crippen molar-refractivity contribution in [2.75, 3.05) is 0 Å². The lowest BCUT2D eigenvalue weighted by molar-refractivity contribution is 1.18. The topological polar surface area (TPSA) is 14.8 Å². The van der Waals surface area contributed by atoms with Gasteiger partial charge in [0, 0.05) is 49.1 Å². The van der Waals surface area contributed by atoms with Gasteiger partial charge in [-0.2, -0.15) is 0 Å². The van der Waals surface area contributed by atoms with Crippen LogP contribution in [0.2, 0.25) is 0 Å². The van der Waals surface area contributed by atoms with Crippen LogP contribution in [0, 0.1) is 0 Å². The number of nitrogens with zero attached hydrogens (tertiary/aromatic N) is 3. The number of hydrogen-bond donors (Lipinski definition) is 0. The molecule has 59 heavy (non-hydrogen) atoms. The second kappa shape index (κ2) is 12.3. The van der Waals surface area contributed by atoms with E-state index in [0.29, 0.717) is 0 Å². The second-order valence-corrected chi connectivity index (χ2v) is 15.7. The summed E-state index contributed by atoms with van der Waals surface area (Å²) in [5.41, 5.74) is 13.1. The highest BCUT2D eigenvalue weighted by Crippen LogP contribution is 2.44. The first-order chi connectivity index (χ1) is 29.3. The Labute approximate surface area is 339 Å². The average Bonchev–Trinajstić information content (AvgIpc) is 3.94. The number of hydrogen-bond acceptors (Lipinski definition) is 0. The Kier molecular flexibility index (Phi) is 6.72. The second-order valence-electron chi connectivity index (χ2n) is 15.7. The minimum atomic E-state index is 1.14. The van der Waals surface area contributed by atoms with Gasteiger partial charge in [-0.1, -0.05) is 146 Å². The minimum absolute atomic E-state index is 1.14. The van der Waals surface area contributed by atoms with Crippen LogP contribution in [0.3, 0.4) is 0 Å². The summed E-state index contributed by atoms with van der Waals surface area (Å²) in [5, 5.41) is 12.5. The molecule has 3 aromatic heterocycles. The largest absolute Gasteiger partial charge is 0.309 e. The molecule has 0 radical (unpaired) electrons. The molecule has 274 valence electrons. The van der Waals surface area contributed by atoms with Crippen molar-refractivity contribution in [3.05, 3.63) is 212 Å². The van der Waals surface area contributed by atoms with Crippen LogP contribution in [-0.4, -0.2) is 13.7 Å². The molecule has 0 saturated carbocycles. The van der Waals surface area contributed by atoms with E-state index in [2.05, 4.69) is 226 Å². The van der Waals surface area contributed by atoms with E-state index in [9.17, 15) is 0 Å². The van der Waals surface area contributed by atoms with E-state index in [-0.39, 0.29) is 0 Å². The molecule has 0 fully saturated rings. The molecule has 0 amide bonds. The Morgan fingerprint density at radius 2 is 0.814 bits per heavy atom. The van der Waals surface area contributed by atoms with Gasteiger partial charge in [0.25, 0.3) is 0 Å². The van der Waals surface area contributed by atoms with Gasteiger partial charge >= 0.3 is 0 Å².